The van der Waals surface area contributed by atoms with E-state index in [4.69, 9.17) is 10.5 Å². The van der Waals surface area contributed by atoms with Crippen molar-refractivity contribution in [2.75, 3.05) is 11.9 Å². The number of nitrogens with two attached hydrogens (primary N) is 1. The number of hydrogen-bond donors (Lipinski definition) is 3. The number of likely N-dealkylation sites (N-methyl/N-ethyl adjacent to an activating group) is 1. The van der Waals surface area contributed by atoms with Crippen molar-refractivity contribution in [3.63, 3.8) is 0 Å². The monoisotopic (exact) mass is 508 g/mol. The highest BCUT2D eigenvalue weighted by molar-refractivity contribution is 6.00. The number of hydrogen-bond acceptors (Lipinski definition) is 5. The Labute approximate surface area is 218 Å². The maximum atomic E-state index is 13.8. The average molecular weight is 509 g/mol. The highest BCUT2D eigenvalue weighted by Crippen LogP contribution is 2.26. The lowest BCUT2D eigenvalue weighted by molar-refractivity contribution is -0.141. The van der Waals surface area contributed by atoms with Crippen LogP contribution in [0.2, 0.25) is 0 Å². The number of aryl methyl sites for hydroxylation is 1. The van der Waals surface area contributed by atoms with Gasteiger partial charge in [-0.05, 0) is 63.4 Å². The van der Waals surface area contributed by atoms with Gasteiger partial charge in [-0.2, -0.15) is 0 Å². The second-order valence-corrected chi connectivity index (χ2v) is 9.57. The van der Waals surface area contributed by atoms with Gasteiger partial charge in [0.25, 0.3) is 5.91 Å². The molecule has 0 radical (unpaired) electrons. The van der Waals surface area contributed by atoms with E-state index in [2.05, 4.69) is 17.2 Å². The van der Waals surface area contributed by atoms with Gasteiger partial charge in [0.15, 0.2) is 0 Å². The largest absolute Gasteiger partial charge is 0.444 e. The summed E-state index contributed by atoms with van der Waals surface area (Å²) in [4.78, 5) is 53.0. The molecule has 4 amide bonds. The second kappa shape index (κ2) is 12.7. The number of carbonyl (C=O) groups excluding carboxylic acids is 4. The van der Waals surface area contributed by atoms with Gasteiger partial charge in [-0.25, -0.2) is 4.79 Å². The second-order valence-electron chi connectivity index (χ2n) is 9.57. The molecule has 0 aliphatic carbocycles. The summed E-state index contributed by atoms with van der Waals surface area (Å²) in [7, 11) is 0. The van der Waals surface area contributed by atoms with Crippen molar-refractivity contribution < 1.29 is 23.9 Å². The Morgan fingerprint density at radius 2 is 1.78 bits per heavy atom. The Kier molecular flexibility index (Phi) is 9.99. The third-order valence-corrected chi connectivity index (χ3v) is 5.44. The molecule has 2 atom stereocenters. The molecule has 0 aliphatic heterocycles. The maximum absolute atomic E-state index is 13.8. The van der Waals surface area contributed by atoms with Gasteiger partial charge in [-0.3, -0.25) is 14.4 Å². The topological polar surface area (TPSA) is 131 Å². The molecule has 2 aromatic rings. The first-order valence-electron chi connectivity index (χ1n) is 12.0. The molecule has 0 saturated heterocycles. The lowest BCUT2D eigenvalue weighted by Gasteiger charge is -2.33. The first-order chi connectivity index (χ1) is 17.4. The van der Waals surface area contributed by atoms with Crippen LogP contribution >= 0.6 is 0 Å². The zero-order valence-corrected chi connectivity index (χ0v) is 22.0. The fourth-order valence-corrected chi connectivity index (χ4v) is 3.76. The maximum Gasteiger partial charge on any atom is 0.408 e. The van der Waals surface area contributed by atoms with E-state index in [1.54, 1.807) is 64.1 Å². The predicted molar refractivity (Wildman–Crippen MR) is 143 cm³/mol. The summed E-state index contributed by atoms with van der Waals surface area (Å²) in [5, 5.41) is 5.35. The third kappa shape index (κ3) is 8.49. The quantitative estimate of drug-likeness (QED) is 0.447. The van der Waals surface area contributed by atoms with Crippen molar-refractivity contribution in [2.24, 2.45) is 5.73 Å². The number of rotatable bonds is 10. The van der Waals surface area contributed by atoms with Crippen molar-refractivity contribution >= 4 is 35.6 Å². The van der Waals surface area contributed by atoms with Gasteiger partial charge in [0, 0.05) is 12.2 Å². The lowest BCUT2D eigenvalue weighted by atomic mass is 9.99. The molecule has 37 heavy (non-hydrogen) atoms. The normalized spacial score (nSPS) is 12.6. The molecule has 0 fully saturated rings. The molecular formula is C28H36N4O5. The van der Waals surface area contributed by atoms with Crippen LogP contribution in [0.25, 0.3) is 6.08 Å². The minimum Gasteiger partial charge on any atom is -0.444 e. The van der Waals surface area contributed by atoms with E-state index in [1.807, 2.05) is 25.1 Å². The van der Waals surface area contributed by atoms with E-state index in [0.29, 0.717) is 11.3 Å². The van der Waals surface area contributed by atoms with Gasteiger partial charge in [-0.1, -0.05) is 49.1 Å². The molecule has 0 heterocycles. The van der Waals surface area contributed by atoms with Crippen LogP contribution < -0.4 is 16.4 Å². The number of benzene rings is 2. The summed E-state index contributed by atoms with van der Waals surface area (Å²) in [6.45, 7) is 12.5. The number of ether oxygens (including phenoxy) is 1. The zero-order chi connectivity index (χ0) is 27.8. The van der Waals surface area contributed by atoms with Crippen LogP contribution in [-0.4, -0.2) is 46.9 Å². The summed E-state index contributed by atoms with van der Waals surface area (Å²) in [6.07, 6.45) is 0.295. The third-order valence-electron chi connectivity index (χ3n) is 5.44. The van der Waals surface area contributed by atoms with Crippen molar-refractivity contribution in [1.29, 1.82) is 0 Å². The minimum atomic E-state index is -1.33. The van der Waals surface area contributed by atoms with Crippen LogP contribution in [-0.2, 0) is 19.1 Å². The average Bonchev–Trinajstić information content (AvgIpc) is 2.81. The standard InChI is InChI=1S/C28H36N4O5/c1-7-19-13-11-14-20(16-19)24(25(34)30-21-15-10-9-12-18(21)3)32(8-2)26(35)22(17-23(29)33)31-27(36)37-28(4,5)6/h7,9-16,22,24H,1,8,17H2,2-6H3,(H2,29,33)(H,30,34)(H,31,36). The van der Waals surface area contributed by atoms with Gasteiger partial charge in [0.05, 0.1) is 6.42 Å². The number of para-hydroxylation sites is 1. The fraction of sp³-hybridized carbons (Fsp3) is 0.357. The molecule has 2 aromatic carbocycles. The number of anilines is 1. The Balaban J connectivity index is 2.50. The molecule has 9 heteroatoms. The Morgan fingerprint density at radius 3 is 2.35 bits per heavy atom. The molecular weight excluding hydrogens is 472 g/mol. The van der Waals surface area contributed by atoms with Gasteiger partial charge in [-0.15, -0.1) is 0 Å². The lowest BCUT2D eigenvalue weighted by Crippen LogP contribution is -2.53. The molecule has 198 valence electrons. The smallest absolute Gasteiger partial charge is 0.408 e. The van der Waals surface area contributed by atoms with Crippen molar-refractivity contribution in [3.05, 3.63) is 71.8 Å². The summed E-state index contributed by atoms with van der Waals surface area (Å²) in [6, 6.07) is 12.0. The molecule has 0 aromatic heterocycles. The fourth-order valence-electron chi connectivity index (χ4n) is 3.76. The summed E-state index contributed by atoms with van der Waals surface area (Å²) < 4.78 is 5.27. The van der Waals surface area contributed by atoms with Gasteiger partial charge >= 0.3 is 6.09 Å². The molecule has 2 unspecified atom stereocenters. The van der Waals surface area contributed by atoms with Gasteiger partial charge < -0.3 is 26.0 Å². The number of nitrogens with zero attached hydrogens (tertiary/aromatic N) is 1. The number of nitrogens with one attached hydrogen (secondary N) is 2. The van der Waals surface area contributed by atoms with E-state index in [-0.39, 0.29) is 6.54 Å². The number of alkyl carbamates (subject to hydrolysis) is 1. The van der Waals surface area contributed by atoms with Crippen LogP contribution in [0.3, 0.4) is 0 Å². The molecule has 2 rings (SSSR count). The van der Waals surface area contributed by atoms with Crippen LogP contribution in [0, 0.1) is 6.92 Å². The Morgan fingerprint density at radius 1 is 1.11 bits per heavy atom. The van der Waals surface area contributed by atoms with E-state index < -0.39 is 47.9 Å². The van der Waals surface area contributed by atoms with E-state index in [9.17, 15) is 19.2 Å². The van der Waals surface area contributed by atoms with Crippen LogP contribution in [0.1, 0.15) is 56.8 Å². The predicted octanol–water partition coefficient (Wildman–Crippen LogP) is 3.94. The highest BCUT2D eigenvalue weighted by atomic mass is 16.6. The molecule has 0 spiro atoms. The Hall–Kier alpha value is -4.14. The molecule has 0 saturated carbocycles. The van der Waals surface area contributed by atoms with E-state index >= 15 is 0 Å². The molecule has 9 nitrogen and oxygen atoms in total. The first kappa shape index (κ1) is 29.1. The highest BCUT2D eigenvalue weighted by Gasteiger charge is 2.36. The van der Waals surface area contributed by atoms with Crippen LogP contribution in [0.4, 0.5) is 10.5 Å². The van der Waals surface area contributed by atoms with Crippen molar-refractivity contribution in [2.45, 2.75) is 58.7 Å². The van der Waals surface area contributed by atoms with Crippen LogP contribution in [0.15, 0.2) is 55.1 Å². The van der Waals surface area contributed by atoms with Crippen molar-refractivity contribution in [3.8, 4) is 0 Å². The first-order valence-corrected chi connectivity index (χ1v) is 12.0. The Bertz CT molecular complexity index is 1160. The van der Waals surface area contributed by atoms with E-state index in [1.165, 1.54) is 4.90 Å². The van der Waals surface area contributed by atoms with Crippen molar-refractivity contribution in [1.82, 2.24) is 10.2 Å². The summed E-state index contributed by atoms with van der Waals surface area (Å²) in [5.74, 6) is -1.90. The zero-order valence-electron chi connectivity index (χ0n) is 22.0. The molecule has 0 aliphatic rings. The SMILES string of the molecule is C=Cc1cccc(C(C(=O)Nc2ccccc2C)N(CC)C(=O)C(CC(N)=O)NC(=O)OC(C)(C)C)c1. The van der Waals surface area contributed by atoms with Gasteiger partial charge in [0.1, 0.15) is 17.7 Å². The minimum absolute atomic E-state index is 0.105. The number of amides is 4. The number of carbonyl (C=O) groups is 4. The molecule has 0 bridgehead atoms. The molecule has 4 N–H and O–H groups in total. The van der Waals surface area contributed by atoms with Gasteiger partial charge in [0.2, 0.25) is 11.8 Å². The summed E-state index contributed by atoms with van der Waals surface area (Å²) in [5.41, 5.74) is 7.31. The number of primary amides is 1. The van der Waals surface area contributed by atoms with Crippen LogP contribution in [0.5, 0.6) is 0 Å². The summed E-state index contributed by atoms with van der Waals surface area (Å²) >= 11 is 0. The van der Waals surface area contributed by atoms with E-state index in [0.717, 1.165) is 11.1 Å².